The van der Waals surface area contributed by atoms with E-state index < -0.39 is 0 Å². The first kappa shape index (κ1) is 14.0. The fourth-order valence-corrected chi connectivity index (χ4v) is 2.51. The Morgan fingerprint density at radius 1 is 0.579 bits per heavy atom. The summed E-state index contributed by atoms with van der Waals surface area (Å²) in [5, 5.41) is 0. The standard InChI is InChI=1S/C17H24O2/c1-10-12(3)16(18-14(10)5)8-7-9-17-13(4)11(2)15(6)19-17/h7-9H2,1-6H3. The summed E-state index contributed by atoms with van der Waals surface area (Å²) in [5.74, 6) is 4.36. The summed E-state index contributed by atoms with van der Waals surface area (Å²) in [6, 6.07) is 0. The molecule has 0 aliphatic heterocycles. The molecule has 104 valence electrons. The summed E-state index contributed by atoms with van der Waals surface area (Å²) in [5.41, 5.74) is 5.19. The van der Waals surface area contributed by atoms with Gasteiger partial charge in [-0.25, -0.2) is 0 Å². The molecule has 0 N–H and O–H groups in total. The van der Waals surface area contributed by atoms with E-state index in [1.165, 1.54) is 22.3 Å². The zero-order valence-corrected chi connectivity index (χ0v) is 12.9. The van der Waals surface area contributed by atoms with Crippen LogP contribution in [0.5, 0.6) is 0 Å². The van der Waals surface area contributed by atoms with Crippen molar-refractivity contribution in [2.45, 2.75) is 60.8 Å². The molecule has 0 aliphatic carbocycles. The summed E-state index contributed by atoms with van der Waals surface area (Å²) in [7, 11) is 0. The van der Waals surface area contributed by atoms with Gasteiger partial charge in [-0.15, -0.1) is 0 Å². The van der Waals surface area contributed by atoms with E-state index in [-0.39, 0.29) is 0 Å². The fraction of sp³-hybridized carbons (Fsp3) is 0.529. The van der Waals surface area contributed by atoms with Crippen LogP contribution in [0, 0.1) is 41.5 Å². The van der Waals surface area contributed by atoms with Crippen LogP contribution in [0.25, 0.3) is 0 Å². The van der Waals surface area contributed by atoms with Crippen molar-refractivity contribution in [1.82, 2.24) is 0 Å². The van der Waals surface area contributed by atoms with Crippen LogP contribution in [0.1, 0.15) is 51.7 Å². The normalized spacial score (nSPS) is 11.3. The topological polar surface area (TPSA) is 26.3 Å². The van der Waals surface area contributed by atoms with Gasteiger partial charge in [-0.05, 0) is 70.2 Å². The molecule has 0 fully saturated rings. The van der Waals surface area contributed by atoms with Gasteiger partial charge in [0.25, 0.3) is 0 Å². The predicted molar refractivity (Wildman–Crippen MR) is 77.9 cm³/mol. The van der Waals surface area contributed by atoms with Crippen LogP contribution in [-0.2, 0) is 12.8 Å². The van der Waals surface area contributed by atoms with Crippen LogP contribution in [0.2, 0.25) is 0 Å². The second-order valence-corrected chi connectivity index (χ2v) is 5.52. The van der Waals surface area contributed by atoms with Crippen LogP contribution in [-0.4, -0.2) is 0 Å². The number of hydrogen-bond acceptors (Lipinski definition) is 2. The highest BCUT2D eigenvalue weighted by Gasteiger charge is 2.13. The third-order valence-electron chi connectivity index (χ3n) is 4.38. The molecule has 0 unspecified atom stereocenters. The maximum atomic E-state index is 5.81. The second-order valence-electron chi connectivity index (χ2n) is 5.52. The molecular formula is C17H24O2. The van der Waals surface area contributed by atoms with E-state index in [0.29, 0.717) is 0 Å². The number of furan rings is 2. The Labute approximate surface area is 115 Å². The van der Waals surface area contributed by atoms with Crippen molar-refractivity contribution in [3.8, 4) is 0 Å². The highest BCUT2D eigenvalue weighted by Crippen LogP contribution is 2.24. The summed E-state index contributed by atoms with van der Waals surface area (Å²) >= 11 is 0. The first-order valence-electron chi connectivity index (χ1n) is 7.02. The minimum absolute atomic E-state index is 0.985. The van der Waals surface area contributed by atoms with E-state index in [9.17, 15) is 0 Å². The van der Waals surface area contributed by atoms with Gasteiger partial charge in [-0.3, -0.25) is 0 Å². The Morgan fingerprint density at radius 3 is 1.21 bits per heavy atom. The third kappa shape index (κ3) is 2.63. The summed E-state index contributed by atoms with van der Waals surface area (Å²) < 4.78 is 11.6. The minimum atomic E-state index is 0.985. The largest absolute Gasteiger partial charge is 0.466 e. The highest BCUT2D eigenvalue weighted by atomic mass is 16.3. The van der Waals surface area contributed by atoms with Gasteiger partial charge in [0, 0.05) is 12.8 Å². The molecular weight excluding hydrogens is 236 g/mol. The average Bonchev–Trinajstić information content (AvgIpc) is 2.76. The third-order valence-corrected chi connectivity index (χ3v) is 4.38. The average molecular weight is 260 g/mol. The molecule has 2 aromatic rings. The lowest BCUT2D eigenvalue weighted by atomic mass is 10.1. The van der Waals surface area contributed by atoms with Gasteiger partial charge >= 0.3 is 0 Å². The van der Waals surface area contributed by atoms with Crippen molar-refractivity contribution in [1.29, 1.82) is 0 Å². The van der Waals surface area contributed by atoms with E-state index in [4.69, 9.17) is 8.83 Å². The van der Waals surface area contributed by atoms with Gasteiger partial charge < -0.3 is 8.83 Å². The Hall–Kier alpha value is -1.44. The first-order valence-corrected chi connectivity index (χ1v) is 7.02. The maximum absolute atomic E-state index is 5.81. The molecule has 0 radical (unpaired) electrons. The second kappa shape index (κ2) is 5.28. The molecule has 0 atom stereocenters. The summed E-state index contributed by atoms with van der Waals surface area (Å²) in [6.07, 6.45) is 3.04. The molecule has 2 rings (SSSR count). The predicted octanol–water partition coefficient (Wildman–Crippen LogP) is 4.90. The molecule has 0 aliphatic rings. The molecule has 0 aromatic carbocycles. The monoisotopic (exact) mass is 260 g/mol. The van der Waals surface area contributed by atoms with Crippen molar-refractivity contribution < 1.29 is 8.83 Å². The van der Waals surface area contributed by atoms with Crippen molar-refractivity contribution in [2.75, 3.05) is 0 Å². The molecule has 2 heteroatoms. The van der Waals surface area contributed by atoms with Crippen LogP contribution >= 0.6 is 0 Å². The van der Waals surface area contributed by atoms with Gasteiger partial charge in [0.2, 0.25) is 0 Å². The molecule has 0 bridgehead atoms. The van der Waals surface area contributed by atoms with Crippen LogP contribution in [0.3, 0.4) is 0 Å². The zero-order valence-electron chi connectivity index (χ0n) is 12.9. The molecule has 2 nitrogen and oxygen atoms in total. The lowest BCUT2D eigenvalue weighted by molar-refractivity contribution is 0.452. The summed E-state index contributed by atoms with van der Waals surface area (Å²) in [4.78, 5) is 0. The van der Waals surface area contributed by atoms with E-state index in [1.54, 1.807) is 0 Å². The lowest BCUT2D eigenvalue weighted by Crippen LogP contribution is -1.91. The molecule has 2 heterocycles. The van der Waals surface area contributed by atoms with Gasteiger partial charge in [0.15, 0.2) is 0 Å². The highest BCUT2D eigenvalue weighted by molar-refractivity contribution is 5.32. The fourth-order valence-electron chi connectivity index (χ4n) is 2.51. The Bertz CT molecular complexity index is 533. The number of hydrogen-bond donors (Lipinski definition) is 0. The van der Waals surface area contributed by atoms with Crippen LogP contribution in [0.15, 0.2) is 8.83 Å². The van der Waals surface area contributed by atoms with Crippen molar-refractivity contribution in [3.05, 3.63) is 45.3 Å². The van der Waals surface area contributed by atoms with Gasteiger partial charge in [-0.2, -0.15) is 0 Å². The molecule has 0 spiro atoms. The molecule has 0 saturated carbocycles. The molecule has 0 amide bonds. The molecule has 19 heavy (non-hydrogen) atoms. The summed E-state index contributed by atoms with van der Waals surface area (Å²) in [6.45, 7) is 12.6. The molecule has 0 saturated heterocycles. The smallest absolute Gasteiger partial charge is 0.107 e. The van der Waals surface area contributed by atoms with Crippen molar-refractivity contribution >= 4 is 0 Å². The lowest BCUT2D eigenvalue weighted by Gasteiger charge is -2.00. The quantitative estimate of drug-likeness (QED) is 0.781. The van der Waals surface area contributed by atoms with Crippen LogP contribution < -0.4 is 0 Å². The number of rotatable bonds is 4. The van der Waals surface area contributed by atoms with E-state index in [1.807, 2.05) is 13.8 Å². The van der Waals surface area contributed by atoms with E-state index >= 15 is 0 Å². The molecule has 2 aromatic heterocycles. The SMILES string of the molecule is Cc1oc(CCCc2oc(C)c(C)c2C)c(C)c1C. The first-order chi connectivity index (χ1) is 8.91. The van der Waals surface area contributed by atoms with Crippen LogP contribution in [0.4, 0.5) is 0 Å². The van der Waals surface area contributed by atoms with Gasteiger partial charge in [0.1, 0.15) is 23.0 Å². The minimum Gasteiger partial charge on any atom is -0.466 e. The van der Waals surface area contributed by atoms with E-state index in [0.717, 1.165) is 42.3 Å². The maximum Gasteiger partial charge on any atom is 0.107 e. The van der Waals surface area contributed by atoms with Crippen molar-refractivity contribution in [3.63, 3.8) is 0 Å². The Kier molecular flexibility index (Phi) is 3.88. The number of aryl methyl sites for hydroxylation is 4. The Morgan fingerprint density at radius 2 is 0.947 bits per heavy atom. The Balaban J connectivity index is 2.00. The van der Waals surface area contributed by atoms with Gasteiger partial charge in [0.05, 0.1) is 0 Å². The van der Waals surface area contributed by atoms with Gasteiger partial charge in [-0.1, -0.05) is 0 Å². The van der Waals surface area contributed by atoms with E-state index in [2.05, 4.69) is 27.7 Å². The zero-order chi connectivity index (χ0) is 14.2. The van der Waals surface area contributed by atoms with Crippen molar-refractivity contribution in [2.24, 2.45) is 0 Å².